The molecule has 5 nitrogen and oxygen atoms in total. The highest BCUT2D eigenvalue weighted by Gasteiger charge is 2.29. The summed E-state index contributed by atoms with van der Waals surface area (Å²) >= 11 is 0. The molecule has 0 spiro atoms. The minimum absolute atomic E-state index is 0.0111. The summed E-state index contributed by atoms with van der Waals surface area (Å²) in [6.07, 6.45) is 1.65. The maximum atomic E-state index is 12.3. The van der Waals surface area contributed by atoms with Crippen molar-refractivity contribution in [3.05, 3.63) is 35.4 Å². The average molecular weight is 286 g/mol. The highest BCUT2D eigenvalue weighted by Crippen LogP contribution is 2.19. The SMILES string of the molecule is O=C(CCN1C(=O)CCC1=O)N1CCc2ccccc2C1. The van der Waals surface area contributed by atoms with Crippen LogP contribution in [0.15, 0.2) is 24.3 Å². The first-order chi connectivity index (χ1) is 10.1. The molecule has 2 aliphatic rings. The van der Waals surface area contributed by atoms with Crippen LogP contribution in [0, 0.1) is 0 Å². The first-order valence-electron chi connectivity index (χ1n) is 7.33. The fourth-order valence-corrected chi connectivity index (χ4v) is 2.95. The number of hydrogen-bond donors (Lipinski definition) is 0. The van der Waals surface area contributed by atoms with E-state index in [1.54, 1.807) is 0 Å². The van der Waals surface area contributed by atoms with E-state index in [0.29, 0.717) is 13.1 Å². The molecule has 0 aliphatic carbocycles. The summed E-state index contributed by atoms with van der Waals surface area (Å²) in [5, 5.41) is 0. The Morgan fingerprint density at radius 1 is 1.00 bits per heavy atom. The Balaban J connectivity index is 1.57. The van der Waals surface area contributed by atoms with Crippen molar-refractivity contribution in [1.82, 2.24) is 9.80 Å². The first kappa shape index (κ1) is 13.8. The van der Waals surface area contributed by atoms with Crippen LogP contribution in [0.25, 0.3) is 0 Å². The number of nitrogens with zero attached hydrogens (tertiary/aromatic N) is 2. The molecule has 0 saturated carbocycles. The lowest BCUT2D eigenvalue weighted by Crippen LogP contribution is -2.39. The minimum Gasteiger partial charge on any atom is -0.338 e. The quantitative estimate of drug-likeness (QED) is 0.782. The zero-order valence-electron chi connectivity index (χ0n) is 11.9. The second kappa shape index (κ2) is 5.68. The average Bonchev–Trinajstić information content (AvgIpc) is 2.83. The number of hydrogen-bond acceptors (Lipinski definition) is 3. The van der Waals surface area contributed by atoms with Crippen molar-refractivity contribution >= 4 is 17.7 Å². The molecule has 3 rings (SSSR count). The van der Waals surface area contributed by atoms with Crippen LogP contribution in [-0.4, -0.2) is 40.6 Å². The molecule has 0 atom stereocenters. The van der Waals surface area contributed by atoms with E-state index >= 15 is 0 Å². The van der Waals surface area contributed by atoms with E-state index in [4.69, 9.17) is 0 Å². The first-order valence-corrected chi connectivity index (χ1v) is 7.33. The van der Waals surface area contributed by atoms with Gasteiger partial charge in [-0.25, -0.2) is 0 Å². The molecular weight excluding hydrogens is 268 g/mol. The Bertz CT molecular complexity index is 581. The van der Waals surface area contributed by atoms with Gasteiger partial charge in [0.2, 0.25) is 17.7 Å². The van der Waals surface area contributed by atoms with Gasteiger partial charge < -0.3 is 4.90 Å². The molecule has 1 fully saturated rings. The molecule has 3 amide bonds. The van der Waals surface area contributed by atoms with Gasteiger partial charge in [0.25, 0.3) is 0 Å². The van der Waals surface area contributed by atoms with E-state index < -0.39 is 0 Å². The maximum absolute atomic E-state index is 12.3. The topological polar surface area (TPSA) is 57.7 Å². The Labute approximate surface area is 123 Å². The summed E-state index contributed by atoms with van der Waals surface area (Å²) in [6.45, 7) is 1.54. The molecule has 2 aliphatic heterocycles. The second-order valence-corrected chi connectivity index (χ2v) is 5.52. The van der Waals surface area contributed by atoms with Crippen molar-refractivity contribution in [2.75, 3.05) is 13.1 Å². The summed E-state index contributed by atoms with van der Waals surface area (Å²) in [7, 11) is 0. The Hall–Kier alpha value is -2.17. The van der Waals surface area contributed by atoms with Gasteiger partial charge in [-0.15, -0.1) is 0 Å². The van der Waals surface area contributed by atoms with Crippen molar-refractivity contribution in [3.8, 4) is 0 Å². The molecule has 1 saturated heterocycles. The van der Waals surface area contributed by atoms with Gasteiger partial charge in [0, 0.05) is 38.9 Å². The van der Waals surface area contributed by atoms with Crippen LogP contribution >= 0.6 is 0 Å². The van der Waals surface area contributed by atoms with Crippen LogP contribution in [0.1, 0.15) is 30.4 Å². The van der Waals surface area contributed by atoms with E-state index in [9.17, 15) is 14.4 Å². The van der Waals surface area contributed by atoms with Gasteiger partial charge in [-0.1, -0.05) is 24.3 Å². The van der Waals surface area contributed by atoms with Crippen molar-refractivity contribution in [1.29, 1.82) is 0 Å². The zero-order chi connectivity index (χ0) is 14.8. The number of amides is 3. The maximum Gasteiger partial charge on any atom is 0.229 e. The standard InChI is InChI=1S/C16H18N2O3/c19-14(8-10-18-15(20)5-6-16(18)21)17-9-7-12-3-1-2-4-13(12)11-17/h1-4H,5-11H2. The lowest BCUT2D eigenvalue weighted by Gasteiger charge is -2.29. The molecule has 0 radical (unpaired) electrons. The normalized spacial score (nSPS) is 18.1. The van der Waals surface area contributed by atoms with Crippen molar-refractivity contribution in [2.24, 2.45) is 0 Å². The molecule has 5 heteroatoms. The number of rotatable bonds is 3. The smallest absolute Gasteiger partial charge is 0.229 e. The monoisotopic (exact) mass is 286 g/mol. The third-order valence-electron chi connectivity index (χ3n) is 4.19. The summed E-state index contributed by atoms with van der Waals surface area (Å²) in [6, 6.07) is 8.14. The van der Waals surface area contributed by atoms with Gasteiger partial charge in [0.05, 0.1) is 0 Å². The van der Waals surface area contributed by atoms with Gasteiger partial charge in [-0.05, 0) is 17.5 Å². The van der Waals surface area contributed by atoms with E-state index in [2.05, 4.69) is 6.07 Å². The highest BCUT2D eigenvalue weighted by atomic mass is 16.2. The van der Waals surface area contributed by atoms with Crippen LogP contribution in [-0.2, 0) is 27.3 Å². The molecule has 1 aromatic carbocycles. The van der Waals surface area contributed by atoms with E-state index in [1.165, 1.54) is 16.0 Å². The predicted molar refractivity (Wildman–Crippen MR) is 76.1 cm³/mol. The molecule has 0 unspecified atom stereocenters. The van der Waals surface area contributed by atoms with E-state index in [-0.39, 0.29) is 43.5 Å². The Morgan fingerprint density at radius 3 is 2.38 bits per heavy atom. The van der Waals surface area contributed by atoms with Crippen LogP contribution in [0.3, 0.4) is 0 Å². The largest absolute Gasteiger partial charge is 0.338 e. The molecular formula is C16H18N2O3. The third kappa shape index (κ3) is 2.82. The van der Waals surface area contributed by atoms with E-state index in [1.807, 2.05) is 23.1 Å². The van der Waals surface area contributed by atoms with Crippen LogP contribution < -0.4 is 0 Å². The Morgan fingerprint density at radius 2 is 1.67 bits per heavy atom. The number of benzene rings is 1. The minimum atomic E-state index is -0.156. The number of fused-ring (bicyclic) bond motifs is 1. The summed E-state index contributed by atoms with van der Waals surface area (Å²) in [5.41, 5.74) is 2.48. The number of imide groups is 1. The summed E-state index contributed by atoms with van der Waals surface area (Å²) in [5.74, 6) is -0.300. The molecule has 21 heavy (non-hydrogen) atoms. The molecule has 1 aromatic rings. The Kier molecular flexibility index (Phi) is 3.73. The van der Waals surface area contributed by atoms with Gasteiger partial charge in [0.15, 0.2) is 0 Å². The molecule has 0 bridgehead atoms. The third-order valence-corrected chi connectivity index (χ3v) is 4.19. The molecule has 2 heterocycles. The number of likely N-dealkylation sites (tertiary alicyclic amines) is 1. The van der Waals surface area contributed by atoms with Gasteiger partial charge in [-0.2, -0.15) is 0 Å². The second-order valence-electron chi connectivity index (χ2n) is 5.52. The number of carbonyl (C=O) groups excluding carboxylic acids is 3. The highest BCUT2D eigenvalue weighted by molar-refractivity contribution is 6.02. The van der Waals surface area contributed by atoms with Crippen molar-refractivity contribution in [3.63, 3.8) is 0 Å². The zero-order valence-corrected chi connectivity index (χ0v) is 11.9. The fraction of sp³-hybridized carbons (Fsp3) is 0.438. The number of carbonyl (C=O) groups is 3. The van der Waals surface area contributed by atoms with Gasteiger partial charge >= 0.3 is 0 Å². The van der Waals surface area contributed by atoms with E-state index in [0.717, 1.165) is 6.42 Å². The summed E-state index contributed by atoms with van der Waals surface area (Å²) in [4.78, 5) is 38.3. The van der Waals surface area contributed by atoms with Crippen LogP contribution in [0.2, 0.25) is 0 Å². The van der Waals surface area contributed by atoms with Crippen LogP contribution in [0.5, 0.6) is 0 Å². The van der Waals surface area contributed by atoms with Gasteiger partial charge in [0.1, 0.15) is 0 Å². The lowest BCUT2D eigenvalue weighted by molar-refractivity contribution is -0.139. The molecule has 0 aromatic heterocycles. The fourth-order valence-electron chi connectivity index (χ4n) is 2.95. The lowest BCUT2D eigenvalue weighted by atomic mass is 10.00. The molecule has 110 valence electrons. The van der Waals surface area contributed by atoms with Crippen LogP contribution in [0.4, 0.5) is 0 Å². The predicted octanol–water partition coefficient (Wildman–Crippen LogP) is 1.11. The summed E-state index contributed by atoms with van der Waals surface area (Å²) < 4.78 is 0. The van der Waals surface area contributed by atoms with Crippen molar-refractivity contribution < 1.29 is 14.4 Å². The van der Waals surface area contributed by atoms with Crippen molar-refractivity contribution in [2.45, 2.75) is 32.2 Å². The van der Waals surface area contributed by atoms with Gasteiger partial charge in [-0.3, -0.25) is 19.3 Å². The molecule has 0 N–H and O–H groups in total.